The smallest absolute Gasteiger partial charge is 0.185 e. The predicted molar refractivity (Wildman–Crippen MR) is 69.2 cm³/mol. The number of ketones is 1. The van der Waals surface area contributed by atoms with Crippen molar-refractivity contribution in [3.8, 4) is 0 Å². The summed E-state index contributed by atoms with van der Waals surface area (Å²) in [6.07, 6.45) is 3.17. The largest absolute Gasteiger partial charge is 0.459 e. The van der Waals surface area contributed by atoms with Crippen molar-refractivity contribution in [2.75, 3.05) is 7.11 Å². The van der Waals surface area contributed by atoms with Gasteiger partial charge in [-0.1, -0.05) is 30.3 Å². The molecule has 1 heterocycles. The van der Waals surface area contributed by atoms with Gasteiger partial charge in [0.05, 0.1) is 0 Å². The first-order chi connectivity index (χ1) is 8.79. The second kappa shape index (κ2) is 5.98. The molecule has 92 valence electrons. The molecular formula is C15H14O3. The van der Waals surface area contributed by atoms with Gasteiger partial charge in [0, 0.05) is 12.7 Å². The molecule has 0 amide bonds. The van der Waals surface area contributed by atoms with E-state index in [0.717, 1.165) is 5.76 Å². The summed E-state index contributed by atoms with van der Waals surface area (Å²) in [6.45, 7) is 0.431. The average molecular weight is 242 g/mol. The van der Waals surface area contributed by atoms with E-state index in [9.17, 15) is 4.79 Å². The van der Waals surface area contributed by atoms with Crippen LogP contribution in [-0.2, 0) is 11.3 Å². The molecule has 18 heavy (non-hydrogen) atoms. The maximum atomic E-state index is 11.8. The third kappa shape index (κ3) is 3.18. The fraction of sp³-hybridized carbons (Fsp3) is 0.133. The molecule has 1 aromatic carbocycles. The quantitative estimate of drug-likeness (QED) is 0.596. The van der Waals surface area contributed by atoms with E-state index in [-0.39, 0.29) is 5.78 Å². The average Bonchev–Trinajstić information content (AvgIpc) is 2.85. The van der Waals surface area contributed by atoms with Gasteiger partial charge in [-0.3, -0.25) is 4.79 Å². The van der Waals surface area contributed by atoms with Crippen molar-refractivity contribution in [2.45, 2.75) is 6.61 Å². The first-order valence-electron chi connectivity index (χ1n) is 5.64. The van der Waals surface area contributed by atoms with Gasteiger partial charge < -0.3 is 9.15 Å². The molecule has 0 saturated carbocycles. The number of hydrogen-bond acceptors (Lipinski definition) is 3. The summed E-state index contributed by atoms with van der Waals surface area (Å²) in [6, 6.07) is 12.8. The zero-order valence-electron chi connectivity index (χ0n) is 10.1. The zero-order chi connectivity index (χ0) is 12.8. The highest BCUT2D eigenvalue weighted by molar-refractivity contribution is 6.06. The molecule has 2 aromatic rings. The molecule has 2 rings (SSSR count). The van der Waals surface area contributed by atoms with Crippen LogP contribution in [0.1, 0.15) is 21.9 Å². The van der Waals surface area contributed by atoms with E-state index in [0.29, 0.717) is 17.9 Å². The van der Waals surface area contributed by atoms with E-state index < -0.39 is 0 Å². The highest BCUT2D eigenvalue weighted by Gasteiger charge is 2.01. The van der Waals surface area contributed by atoms with Crippen LogP contribution in [0, 0.1) is 0 Å². The SMILES string of the molecule is COCc1ccc(C=CC(=O)c2ccccc2)o1. The van der Waals surface area contributed by atoms with Crippen molar-refractivity contribution in [3.05, 3.63) is 65.6 Å². The first kappa shape index (κ1) is 12.3. The number of rotatable bonds is 5. The Bertz CT molecular complexity index is 538. The van der Waals surface area contributed by atoms with Crippen LogP contribution in [0.15, 0.2) is 53.0 Å². The van der Waals surface area contributed by atoms with Gasteiger partial charge in [0.15, 0.2) is 5.78 Å². The second-order valence-electron chi connectivity index (χ2n) is 3.80. The lowest BCUT2D eigenvalue weighted by Crippen LogP contribution is -1.92. The van der Waals surface area contributed by atoms with Gasteiger partial charge in [-0.15, -0.1) is 0 Å². The number of ether oxygens (including phenoxy) is 1. The topological polar surface area (TPSA) is 39.4 Å². The predicted octanol–water partition coefficient (Wildman–Crippen LogP) is 3.32. The molecule has 0 aliphatic rings. The normalized spacial score (nSPS) is 10.9. The van der Waals surface area contributed by atoms with Crippen LogP contribution < -0.4 is 0 Å². The Labute approximate surface area is 106 Å². The molecule has 0 spiro atoms. The number of carbonyl (C=O) groups excluding carboxylic acids is 1. The molecule has 3 heteroatoms. The molecular weight excluding hydrogens is 228 g/mol. The van der Waals surface area contributed by atoms with E-state index in [1.54, 1.807) is 25.3 Å². The van der Waals surface area contributed by atoms with E-state index in [4.69, 9.17) is 9.15 Å². The minimum atomic E-state index is -0.0414. The molecule has 0 fully saturated rings. The molecule has 0 unspecified atom stereocenters. The van der Waals surface area contributed by atoms with Crippen LogP contribution in [-0.4, -0.2) is 12.9 Å². The van der Waals surface area contributed by atoms with Gasteiger partial charge in [-0.2, -0.15) is 0 Å². The summed E-state index contributed by atoms with van der Waals surface area (Å²) >= 11 is 0. The monoisotopic (exact) mass is 242 g/mol. The molecule has 0 bridgehead atoms. The van der Waals surface area contributed by atoms with Crippen molar-refractivity contribution < 1.29 is 13.9 Å². The Hall–Kier alpha value is -2.13. The summed E-state index contributed by atoms with van der Waals surface area (Å²) in [4.78, 5) is 11.8. The maximum absolute atomic E-state index is 11.8. The fourth-order valence-corrected chi connectivity index (χ4v) is 1.56. The first-order valence-corrected chi connectivity index (χ1v) is 5.64. The van der Waals surface area contributed by atoms with Crippen molar-refractivity contribution >= 4 is 11.9 Å². The van der Waals surface area contributed by atoms with Gasteiger partial charge in [-0.25, -0.2) is 0 Å². The summed E-state index contributed by atoms with van der Waals surface area (Å²) in [7, 11) is 1.61. The van der Waals surface area contributed by atoms with Gasteiger partial charge in [0.1, 0.15) is 18.1 Å². The number of allylic oxidation sites excluding steroid dienone is 1. The molecule has 3 nitrogen and oxygen atoms in total. The molecule has 0 aliphatic carbocycles. The summed E-state index contributed by atoms with van der Waals surface area (Å²) < 4.78 is 10.4. The maximum Gasteiger partial charge on any atom is 0.185 e. The van der Waals surface area contributed by atoms with Crippen molar-refractivity contribution in [1.82, 2.24) is 0 Å². The highest BCUT2D eigenvalue weighted by Crippen LogP contribution is 2.11. The lowest BCUT2D eigenvalue weighted by Gasteiger charge is -1.93. The third-order valence-corrected chi connectivity index (χ3v) is 2.43. The number of hydrogen-bond donors (Lipinski definition) is 0. The van der Waals surface area contributed by atoms with Gasteiger partial charge in [0.25, 0.3) is 0 Å². The summed E-state index contributed by atoms with van der Waals surface area (Å²) in [5.41, 5.74) is 0.664. The van der Waals surface area contributed by atoms with E-state index in [2.05, 4.69) is 0 Å². The molecule has 0 atom stereocenters. The van der Waals surface area contributed by atoms with Crippen molar-refractivity contribution in [2.24, 2.45) is 0 Å². The number of furan rings is 1. The highest BCUT2D eigenvalue weighted by atomic mass is 16.5. The summed E-state index contributed by atoms with van der Waals surface area (Å²) in [5.74, 6) is 1.34. The summed E-state index contributed by atoms with van der Waals surface area (Å²) in [5, 5.41) is 0. The Kier molecular flexibility index (Phi) is 4.10. The Morgan fingerprint density at radius 1 is 1.22 bits per heavy atom. The van der Waals surface area contributed by atoms with Crippen LogP contribution in [0.4, 0.5) is 0 Å². The molecule has 0 N–H and O–H groups in total. The van der Waals surface area contributed by atoms with Crippen LogP contribution in [0.5, 0.6) is 0 Å². The minimum absolute atomic E-state index is 0.0414. The van der Waals surface area contributed by atoms with Crippen LogP contribution in [0.2, 0.25) is 0 Å². The number of benzene rings is 1. The molecule has 0 aliphatic heterocycles. The number of methoxy groups -OCH3 is 1. The Balaban J connectivity index is 2.04. The molecule has 0 saturated heterocycles. The van der Waals surface area contributed by atoms with Crippen molar-refractivity contribution in [1.29, 1.82) is 0 Å². The molecule has 0 radical (unpaired) electrons. The lowest BCUT2D eigenvalue weighted by atomic mass is 10.1. The van der Waals surface area contributed by atoms with E-state index >= 15 is 0 Å². The zero-order valence-corrected chi connectivity index (χ0v) is 10.1. The van der Waals surface area contributed by atoms with E-state index in [1.165, 1.54) is 6.08 Å². The third-order valence-electron chi connectivity index (χ3n) is 2.43. The van der Waals surface area contributed by atoms with Crippen LogP contribution >= 0.6 is 0 Å². The van der Waals surface area contributed by atoms with Crippen molar-refractivity contribution in [3.63, 3.8) is 0 Å². The Morgan fingerprint density at radius 3 is 2.72 bits per heavy atom. The fourth-order valence-electron chi connectivity index (χ4n) is 1.56. The Morgan fingerprint density at radius 2 is 2.00 bits per heavy atom. The second-order valence-corrected chi connectivity index (χ2v) is 3.80. The van der Waals surface area contributed by atoms with Crippen LogP contribution in [0.25, 0.3) is 6.08 Å². The molecule has 1 aromatic heterocycles. The van der Waals surface area contributed by atoms with Crippen LogP contribution in [0.3, 0.4) is 0 Å². The van der Waals surface area contributed by atoms with Gasteiger partial charge in [-0.05, 0) is 24.3 Å². The minimum Gasteiger partial charge on any atom is -0.459 e. The standard InChI is InChI=1S/C15H14O3/c1-17-11-14-8-7-13(18-14)9-10-15(16)12-5-3-2-4-6-12/h2-10H,11H2,1H3. The number of carbonyl (C=O) groups is 1. The lowest BCUT2D eigenvalue weighted by molar-refractivity contribution is 0.104. The van der Waals surface area contributed by atoms with Gasteiger partial charge >= 0.3 is 0 Å². The van der Waals surface area contributed by atoms with Gasteiger partial charge in [0.2, 0.25) is 0 Å². The van der Waals surface area contributed by atoms with E-state index in [1.807, 2.05) is 30.3 Å².